The molecule has 1 aliphatic rings. The molecule has 0 spiro atoms. The highest BCUT2D eigenvalue weighted by Gasteiger charge is 2.15. The Labute approximate surface area is 75.7 Å². The summed E-state index contributed by atoms with van der Waals surface area (Å²) in [5.74, 6) is 1.06. The monoisotopic (exact) mass is 171 g/mol. The van der Waals surface area contributed by atoms with Gasteiger partial charge in [-0.25, -0.2) is 0 Å². The van der Waals surface area contributed by atoms with Gasteiger partial charge in [0.15, 0.2) is 0 Å². The van der Waals surface area contributed by atoms with Crippen molar-refractivity contribution in [1.82, 2.24) is 5.32 Å². The van der Waals surface area contributed by atoms with Gasteiger partial charge in [0, 0.05) is 13.7 Å². The number of methoxy groups -OCH3 is 1. The van der Waals surface area contributed by atoms with Gasteiger partial charge in [0.25, 0.3) is 0 Å². The minimum Gasteiger partial charge on any atom is -0.383 e. The fourth-order valence-corrected chi connectivity index (χ4v) is 1.60. The molecule has 1 saturated carbocycles. The van der Waals surface area contributed by atoms with Crippen molar-refractivity contribution >= 4 is 0 Å². The van der Waals surface area contributed by atoms with Crippen molar-refractivity contribution in [1.29, 1.82) is 0 Å². The van der Waals surface area contributed by atoms with Crippen LogP contribution in [0.1, 0.15) is 32.1 Å². The standard InChI is InChI=1S/C10H21NO/c1-12-9-8-11-7-3-6-10-4-2-5-10/h10-11H,2-9H2,1H3. The third-order valence-electron chi connectivity index (χ3n) is 2.67. The Hall–Kier alpha value is -0.0800. The van der Waals surface area contributed by atoms with Crippen molar-refractivity contribution in [2.45, 2.75) is 32.1 Å². The van der Waals surface area contributed by atoms with Crippen molar-refractivity contribution in [2.75, 3.05) is 26.8 Å². The zero-order valence-electron chi connectivity index (χ0n) is 8.14. The van der Waals surface area contributed by atoms with E-state index in [9.17, 15) is 0 Å². The van der Waals surface area contributed by atoms with Gasteiger partial charge in [-0.05, 0) is 25.3 Å². The smallest absolute Gasteiger partial charge is 0.0587 e. The van der Waals surface area contributed by atoms with Gasteiger partial charge in [-0.3, -0.25) is 0 Å². The van der Waals surface area contributed by atoms with Crippen molar-refractivity contribution in [3.05, 3.63) is 0 Å². The van der Waals surface area contributed by atoms with Gasteiger partial charge in [-0.1, -0.05) is 19.3 Å². The van der Waals surface area contributed by atoms with Crippen LogP contribution in [0.4, 0.5) is 0 Å². The summed E-state index contributed by atoms with van der Waals surface area (Å²) in [6, 6.07) is 0. The molecule has 0 aromatic rings. The predicted octanol–water partition coefficient (Wildman–Crippen LogP) is 1.80. The van der Waals surface area contributed by atoms with E-state index < -0.39 is 0 Å². The first-order valence-electron chi connectivity index (χ1n) is 5.13. The maximum atomic E-state index is 4.94. The van der Waals surface area contributed by atoms with Crippen LogP contribution in [0, 0.1) is 5.92 Å². The fraction of sp³-hybridized carbons (Fsp3) is 1.00. The van der Waals surface area contributed by atoms with E-state index in [1.807, 2.05) is 0 Å². The second-order valence-corrected chi connectivity index (χ2v) is 3.68. The minimum atomic E-state index is 0.837. The molecule has 2 heteroatoms. The van der Waals surface area contributed by atoms with Crippen LogP contribution in [0.15, 0.2) is 0 Å². The van der Waals surface area contributed by atoms with Crippen LogP contribution in [0.25, 0.3) is 0 Å². The number of ether oxygens (including phenoxy) is 1. The largest absolute Gasteiger partial charge is 0.383 e. The Morgan fingerprint density at radius 2 is 2.17 bits per heavy atom. The Bertz CT molecular complexity index is 102. The third kappa shape index (κ3) is 4.07. The van der Waals surface area contributed by atoms with Crippen LogP contribution < -0.4 is 5.32 Å². The van der Waals surface area contributed by atoms with Gasteiger partial charge in [0.2, 0.25) is 0 Å². The Morgan fingerprint density at radius 1 is 1.33 bits per heavy atom. The molecule has 1 fully saturated rings. The van der Waals surface area contributed by atoms with Crippen molar-refractivity contribution in [3.8, 4) is 0 Å². The summed E-state index contributed by atoms with van der Waals surface area (Å²) in [6.07, 6.45) is 7.21. The Morgan fingerprint density at radius 3 is 2.75 bits per heavy atom. The molecule has 0 radical (unpaired) electrons. The van der Waals surface area contributed by atoms with Crippen LogP contribution in [0.3, 0.4) is 0 Å². The van der Waals surface area contributed by atoms with E-state index in [0.717, 1.165) is 19.1 Å². The van der Waals surface area contributed by atoms with E-state index in [4.69, 9.17) is 4.74 Å². The highest BCUT2D eigenvalue weighted by atomic mass is 16.5. The fourth-order valence-electron chi connectivity index (χ4n) is 1.60. The van der Waals surface area contributed by atoms with Crippen LogP contribution in [0.5, 0.6) is 0 Å². The first-order valence-corrected chi connectivity index (χ1v) is 5.13. The highest BCUT2D eigenvalue weighted by molar-refractivity contribution is 4.69. The van der Waals surface area contributed by atoms with Crippen LogP contribution in [-0.2, 0) is 4.74 Å². The Balaban J connectivity index is 1.70. The lowest BCUT2D eigenvalue weighted by molar-refractivity contribution is 0.198. The average molecular weight is 171 g/mol. The molecule has 0 heterocycles. The van der Waals surface area contributed by atoms with E-state index in [0.29, 0.717) is 0 Å². The zero-order valence-corrected chi connectivity index (χ0v) is 8.14. The molecule has 72 valence electrons. The lowest BCUT2D eigenvalue weighted by atomic mass is 9.82. The summed E-state index contributed by atoms with van der Waals surface area (Å²) in [5, 5.41) is 3.36. The molecule has 0 atom stereocenters. The topological polar surface area (TPSA) is 21.3 Å². The molecular formula is C10H21NO. The average Bonchev–Trinajstić information content (AvgIpc) is 2.00. The molecule has 0 aromatic heterocycles. The quantitative estimate of drug-likeness (QED) is 0.590. The number of rotatable bonds is 7. The van der Waals surface area contributed by atoms with Crippen LogP contribution >= 0.6 is 0 Å². The number of nitrogens with one attached hydrogen (secondary N) is 1. The predicted molar refractivity (Wildman–Crippen MR) is 51.3 cm³/mol. The maximum Gasteiger partial charge on any atom is 0.0587 e. The molecule has 1 aliphatic carbocycles. The number of hydrogen-bond donors (Lipinski definition) is 1. The summed E-state index contributed by atoms with van der Waals surface area (Å²) in [7, 11) is 1.75. The van der Waals surface area contributed by atoms with Gasteiger partial charge < -0.3 is 10.1 Å². The Kier molecular flexibility index (Phi) is 5.37. The lowest BCUT2D eigenvalue weighted by Crippen LogP contribution is -2.21. The molecule has 0 amide bonds. The molecule has 12 heavy (non-hydrogen) atoms. The molecule has 0 aromatic carbocycles. The first-order chi connectivity index (χ1) is 5.93. The summed E-state index contributed by atoms with van der Waals surface area (Å²) in [4.78, 5) is 0. The summed E-state index contributed by atoms with van der Waals surface area (Å²) in [6.45, 7) is 3.00. The van der Waals surface area contributed by atoms with Gasteiger partial charge in [0.05, 0.1) is 6.61 Å². The summed E-state index contributed by atoms with van der Waals surface area (Å²) < 4.78 is 4.94. The minimum absolute atomic E-state index is 0.837. The van der Waals surface area contributed by atoms with Gasteiger partial charge >= 0.3 is 0 Å². The molecule has 2 nitrogen and oxygen atoms in total. The second kappa shape index (κ2) is 6.44. The van der Waals surface area contributed by atoms with Gasteiger partial charge in [0.1, 0.15) is 0 Å². The third-order valence-corrected chi connectivity index (χ3v) is 2.67. The summed E-state index contributed by atoms with van der Waals surface area (Å²) >= 11 is 0. The van der Waals surface area contributed by atoms with Crippen LogP contribution in [-0.4, -0.2) is 26.8 Å². The SMILES string of the molecule is COCCNCCCC1CCC1. The molecular weight excluding hydrogens is 150 g/mol. The van der Waals surface area contributed by atoms with E-state index in [1.54, 1.807) is 7.11 Å². The van der Waals surface area contributed by atoms with Gasteiger partial charge in [-0.15, -0.1) is 0 Å². The normalized spacial score (nSPS) is 17.8. The molecule has 0 bridgehead atoms. The first kappa shape index (κ1) is 10.0. The van der Waals surface area contributed by atoms with Gasteiger partial charge in [-0.2, -0.15) is 0 Å². The van der Waals surface area contributed by atoms with Crippen molar-refractivity contribution < 1.29 is 4.74 Å². The van der Waals surface area contributed by atoms with E-state index in [-0.39, 0.29) is 0 Å². The van der Waals surface area contributed by atoms with Crippen molar-refractivity contribution in [3.63, 3.8) is 0 Å². The highest BCUT2D eigenvalue weighted by Crippen LogP contribution is 2.29. The van der Waals surface area contributed by atoms with E-state index in [2.05, 4.69) is 5.32 Å². The molecule has 1 rings (SSSR count). The van der Waals surface area contributed by atoms with Crippen LogP contribution in [0.2, 0.25) is 0 Å². The zero-order chi connectivity index (χ0) is 8.65. The molecule has 0 aliphatic heterocycles. The molecule has 0 saturated heterocycles. The second-order valence-electron chi connectivity index (χ2n) is 3.68. The number of hydrogen-bond acceptors (Lipinski definition) is 2. The van der Waals surface area contributed by atoms with E-state index in [1.165, 1.54) is 38.6 Å². The van der Waals surface area contributed by atoms with E-state index >= 15 is 0 Å². The molecule has 1 N–H and O–H groups in total. The summed E-state index contributed by atoms with van der Waals surface area (Å²) in [5.41, 5.74) is 0. The van der Waals surface area contributed by atoms with Crippen molar-refractivity contribution in [2.24, 2.45) is 5.92 Å². The molecule has 0 unspecified atom stereocenters. The maximum absolute atomic E-state index is 4.94. The lowest BCUT2D eigenvalue weighted by Gasteiger charge is -2.25.